The van der Waals surface area contributed by atoms with Gasteiger partial charge in [0, 0.05) is 24.1 Å². The Bertz CT molecular complexity index is 1040. The van der Waals surface area contributed by atoms with Gasteiger partial charge < -0.3 is 18.8 Å². The van der Waals surface area contributed by atoms with E-state index in [1.807, 2.05) is 67.5 Å². The molecule has 29 heavy (non-hydrogen) atoms. The Hall–Kier alpha value is -3.09. The number of ether oxygens (including phenoxy) is 3. The van der Waals surface area contributed by atoms with Crippen molar-refractivity contribution in [2.24, 2.45) is 12.5 Å². The van der Waals surface area contributed by atoms with Gasteiger partial charge in [0.15, 0.2) is 29.4 Å². The number of aromatic nitrogens is 3. The second-order valence-corrected chi connectivity index (χ2v) is 7.97. The van der Waals surface area contributed by atoms with E-state index >= 15 is 0 Å². The maximum Gasteiger partial charge on any atom is 0.207 e. The predicted molar refractivity (Wildman–Crippen MR) is 110 cm³/mol. The van der Waals surface area contributed by atoms with Crippen LogP contribution in [0.15, 0.2) is 30.6 Å². The number of pyridine rings is 1. The number of Topliss-reactive ketones (excluding diaryl/α,β-unsaturated/α-hetero) is 1. The average molecular weight is 398 g/mol. The van der Waals surface area contributed by atoms with Gasteiger partial charge in [-0.15, -0.1) is 0 Å². The first-order chi connectivity index (χ1) is 13.7. The van der Waals surface area contributed by atoms with Crippen LogP contribution < -0.4 is 18.8 Å². The standard InChI is InChI=1S/C22H28N3O4/c1-22(2,3)19(26)13-25-9-8-16-15(12-25)23-21(24(16)4)14-10-17(27-5)20(29-7)18(11-14)28-6/h8-12H,13H2,1-7H3/q+1. The highest BCUT2D eigenvalue weighted by molar-refractivity contribution is 5.83. The van der Waals surface area contributed by atoms with Gasteiger partial charge in [-0.05, 0) is 12.1 Å². The van der Waals surface area contributed by atoms with E-state index in [4.69, 9.17) is 19.2 Å². The summed E-state index contributed by atoms with van der Waals surface area (Å²) in [6.45, 7) is 6.10. The minimum Gasteiger partial charge on any atom is -0.493 e. The zero-order valence-corrected chi connectivity index (χ0v) is 18.1. The predicted octanol–water partition coefficient (Wildman–Crippen LogP) is 3.17. The summed E-state index contributed by atoms with van der Waals surface area (Å²) < 4.78 is 20.2. The molecule has 0 fully saturated rings. The first-order valence-corrected chi connectivity index (χ1v) is 9.38. The zero-order chi connectivity index (χ0) is 21.3. The largest absolute Gasteiger partial charge is 0.493 e. The maximum absolute atomic E-state index is 12.4. The molecule has 2 aromatic heterocycles. The highest BCUT2D eigenvalue weighted by Gasteiger charge is 2.25. The zero-order valence-electron chi connectivity index (χ0n) is 18.1. The van der Waals surface area contributed by atoms with Crippen molar-refractivity contribution in [3.05, 3.63) is 30.6 Å². The second kappa shape index (κ2) is 7.73. The molecule has 0 saturated heterocycles. The van der Waals surface area contributed by atoms with Crippen LogP contribution in [0.1, 0.15) is 20.8 Å². The quantitative estimate of drug-likeness (QED) is 0.597. The lowest BCUT2D eigenvalue weighted by molar-refractivity contribution is -0.683. The Kier molecular flexibility index (Phi) is 5.50. The van der Waals surface area contributed by atoms with Crippen molar-refractivity contribution in [1.82, 2.24) is 9.55 Å². The molecule has 3 rings (SSSR count). The minimum absolute atomic E-state index is 0.169. The Morgan fingerprint density at radius 2 is 1.72 bits per heavy atom. The molecule has 0 aliphatic rings. The summed E-state index contributed by atoms with van der Waals surface area (Å²) in [5.41, 5.74) is 2.23. The van der Waals surface area contributed by atoms with E-state index in [1.54, 1.807) is 21.3 Å². The van der Waals surface area contributed by atoms with Crippen molar-refractivity contribution in [3.63, 3.8) is 0 Å². The van der Waals surface area contributed by atoms with E-state index in [0.717, 1.165) is 22.4 Å². The number of hydrogen-bond donors (Lipinski definition) is 0. The third-order valence-corrected chi connectivity index (χ3v) is 4.97. The van der Waals surface area contributed by atoms with Crippen LogP contribution in [-0.2, 0) is 18.4 Å². The molecule has 2 heterocycles. The van der Waals surface area contributed by atoms with E-state index in [1.165, 1.54) is 0 Å². The third-order valence-electron chi connectivity index (χ3n) is 4.97. The van der Waals surface area contributed by atoms with Gasteiger partial charge in [-0.25, -0.2) is 4.98 Å². The molecule has 0 aliphatic heterocycles. The summed E-state index contributed by atoms with van der Waals surface area (Å²) in [5.74, 6) is 2.61. The Balaban J connectivity index is 2.07. The van der Waals surface area contributed by atoms with Crippen molar-refractivity contribution in [2.75, 3.05) is 21.3 Å². The molecule has 0 spiro atoms. The molecule has 1 aromatic carbocycles. The molecule has 0 radical (unpaired) electrons. The van der Waals surface area contributed by atoms with Crippen molar-refractivity contribution in [3.8, 4) is 28.6 Å². The lowest BCUT2D eigenvalue weighted by atomic mass is 9.91. The van der Waals surface area contributed by atoms with Gasteiger partial charge in [0.25, 0.3) is 0 Å². The highest BCUT2D eigenvalue weighted by Crippen LogP contribution is 2.41. The summed E-state index contributed by atoms with van der Waals surface area (Å²) >= 11 is 0. The van der Waals surface area contributed by atoms with Crippen molar-refractivity contribution in [2.45, 2.75) is 27.3 Å². The maximum atomic E-state index is 12.4. The van der Waals surface area contributed by atoms with E-state index in [9.17, 15) is 4.79 Å². The molecule has 7 nitrogen and oxygen atoms in total. The fraction of sp³-hybridized carbons (Fsp3) is 0.409. The van der Waals surface area contributed by atoms with Crippen LogP contribution in [0.5, 0.6) is 17.2 Å². The molecule has 0 unspecified atom stereocenters. The van der Waals surface area contributed by atoms with Gasteiger partial charge in [0.05, 0.1) is 26.8 Å². The van der Waals surface area contributed by atoms with Crippen molar-refractivity contribution >= 4 is 16.8 Å². The van der Waals surface area contributed by atoms with E-state index in [0.29, 0.717) is 23.8 Å². The number of benzene rings is 1. The van der Waals surface area contributed by atoms with Crippen LogP contribution in [0.25, 0.3) is 22.4 Å². The van der Waals surface area contributed by atoms with Crippen molar-refractivity contribution in [1.29, 1.82) is 0 Å². The number of carbonyl (C=O) groups is 1. The molecule has 0 aliphatic carbocycles. The summed E-state index contributed by atoms with van der Waals surface area (Å²) in [7, 11) is 6.71. The fourth-order valence-corrected chi connectivity index (χ4v) is 3.16. The van der Waals surface area contributed by atoms with Crippen LogP contribution in [0.2, 0.25) is 0 Å². The van der Waals surface area contributed by atoms with Crippen LogP contribution in [-0.4, -0.2) is 36.7 Å². The monoisotopic (exact) mass is 398 g/mol. The number of carbonyl (C=O) groups excluding carboxylic acids is 1. The van der Waals surface area contributed by atoms with E-state index in [-0.39, 0.29) is 11.2 Å². The molecule has 0 amide bonds. The normalized spacial score (nSPS) is 11.6. The lowest BCUT2D eigenvalue weighted by Crippen LogP contribution is -2.41. The van der Waals surface area contributed by atoms with Crippen molar-refractivity contribution < 1.29 is 23.6 Å². The van der Waals surface area contributed by atoms with Gasteiger partial charge in [0.2, 0.25) is 18.1 Å². The van der Waals surface area contributed by atoms with Gasteiger partial charge in [0.1, 0.15) is 5.82 Å². The second-order valence-electron chi connectivity index (χ2n) is 7.97. The molecule has 0 atom stereocenters. The number of imidazole rings is 1. The van der Waals surface area contributed by atoms with Gasteiger partial charge in [-0.3, -0.25) is 4.79 Å². The number of nitrogens with zero attached hydrogens (tertiary/aromatic N) is 3. The first kappa shape index (κ1) is 20.6. The topological polar surface area (TPSA) is 66.5 Å². The molecule has 154 valence electrons. The lowest BCUT2D eigenvalue weighted by Gasteiger charge is -2.14. The summed E-state index contributed by atoms with van der Waals surface area (Å²) in [6.07, 6.45) is 3.81. The third kappa shape index (κ3) is 3.90. The fourth-order valence-electron chi connectivity index (χ4n) is 3.16. The molecule has 0 bridgehead atoms. The first-order valence-electron chi connectivity index (χ1n) is 9.38. The highest BCUT2D eigenvalue weighted by atomic mass is 16.5. The Morgan fingerprint density at radius 1 is 1.10 bits per heavy atom. The molecular weight excluding hydrogens is 370 g/mol. The number of hydrogen-bond acceptors (Lipinski definition) is 5. The Morgan fingerprint density at radius 3 is 2.24 bits per heavy atom. The molecule has 7 heteroatoms. The molecule has 0 N–H and O–H groups in total. The SMILES string of the molecule is COc1cc(-c2nc3c[n+](CC(=O)C(C)(C)C)ccc3n2C)cc(OC)c1OC. The minimum atomic E-state index is -0.382. The van der Waals surface area contributed by atoms with Crippen LogP contribution in [0.3, 0.4) is 0 Å². The van der Waals surface area contributed by atoms with Gasteiger partial charge in [-0.1, -0.05) is 20.8 Å². The van der Waals surface area contributed by atoms with E-state index in [2.05, 4.69) is 0 Å². The van der Waals surface area contributed by atoms with Gasteiger partial charge in [-0.2, -0.15) is 4.57 Å². The average Bonchev–Trinajstić information content (AvgIpc) is 3.01. The van der Waals surface area contributed by atoms with Crippen LogP contribution >= 0.6 is 0 Å². The van der Waals surface area contributed by atoms with Gasteiger partial charge >= 0.3 is 0 Å². The molecular formula is C22H28N3O4+. The Labute approximate surface area is 170 Å². The number of ketones is 1. The summed E-state index contributed by atoms with van der Waals surface area (Å²) in [5, 5.41) is 0. The number of aryl methyl sites for hydroxylation is 1. The molecule has 0 saturated carbocycles. The number of methoxy groups -OCH3 is 3. The summed E-state index contributed by atoms with van der Waals surface area (Å²) in [6, 6.07) is 5.72. The number of rotatable bonds is 6. The smallest absolute Gasteiger partial charge is 0.207 e. The van der Waals surface area contributed by atoms with Crippen LogP contribution in [0.4, 0.5) is 0 Å². The number of fused-ring (bicyclic) bond motifs is 1. The summed E-state index contributed by atoms with van der Waals surface area (Å²) in [4.78, 5) is 17.2. The van der Waals surface area contributed by atoms with E-state index < -0.39 is 0 Å². The molecule has 3 aromatic rings. The van der Waals surface area contributed by atoms with Crippen LogP contribution in [0, 0.1) is 5.41 Å².